The van der Waals surface area contributed by atoms with Crippen LogP contribution < -0.4 is 5.32 Å². The largest absolute Gasteiger partial charge is 0.478 e. The van der Waals surface area contributed by atoms with Gasteiger partial charge in [-0.2, -0.15) is 0 Å². The molecule has 6 heteroatoms. The van der Waals surface area contributed by atoms with E-state index in [2.05, 4.69) is 15.3 Å². The maximum atomic E-state index is 10.6. The fourth-order valence-electron chi connectivity index (χ4n) is 1.12. The zero-order chi connectivity index (χ0) is 11.5. The quantitative estimate of drug-likeness (QED) is 0.853. The Hall–Kier alpha value is -1.95. The van der Waals surface area contributed by atoms with E-state index in [1.165, 1.54) is 23.6 Å². The predicted octanol–water partition coefficient (Wildman–Crippen LogP) is 2.29. The molecule has 0 aromatic carbocycles. The Balaban J connectivity index is 2.14. The van der Waals surface area contributed by atoms with E-state index in [1.807, 2.05) is 12.3 Å². The molecule has 2 rings (SSSR count). The summed E-state index contributed by atoms with van der Waals surface area (Å²) in [5.74, 6) is -0.400. The lowest BCUT2D eigenvalue weighted by Crippen LogP contribution is -1.99. The third-order valence-corrected chi connectivity index (χ3v) is 2.74. The highest BCUT2D eigenvalue weighted by molar-refractivity contribution is 7.13. The van der Waals surface area contributed by atoms with Gasteiger partial charge in [-0.05, 0) is 19.1 Å². The minimum absolute atomic E-state index is 0.167. The van der Waals surface area contributed by atoms with Crippen LogP contribution in [0.5, 0.6) is 0 Å². The molecule has 16 heavy (non-hydrogen) atoms. The van der Waals surface area contributed by atoms with Crippen LogP contribution in [0, 0.1) is 6.92 Å². The second kappa shape index (κ2) is 4.28. The Kier molecular flexibility index (Phi) is 2.82. The molecule has 0 spiro atoms. The fraction of sp³-hybridized carbons (Fsp3) is 0.100. The number of aromatic nitrogens is 2. The summed E-state index contributed by atoms with van der Waals surface area (Å²) in [5.41, 5.74) is 1.11. The average molecular weight is 235 g/mol. The molecule has 0 fully saturated rings. The standard InChI is InChI=1S/C10H9N3O2S/c1-6-5-16-10(12-6)13-8-3-2-7(4-11-8)9(14)15/h2-5H,1H3,(H,14,15)(H,11,12,13). The summed E-state index contributed by atoms with van der Waals surface area (Å²) in [6, 6.07) is 3.11. The number of hydrogen-bond acceptors (Lipinski definition) is 5. The fourth-order valence-corrected chi connectivity index (χ4v) is 1.81. The van der Waals surface area contributed by atoms with Gasteiger partial charge in [-0.3, -0.25) is 0 Å². The van der Waals surface area contributed by atoms with Crippen molar-refractivity contribution in [3.05, 3.63) is 35.0 Å². The molecule has 0 saturated carbocycles. The minimum atomic E-state index is -0.982. The number of nitrogens with one attached hydrogen (secondary N) is 1. The van der Waals surface area contributed by atoms with E-state index >= 15 is 0 Å². The maximum absolute atomic E-state index is 10.6. The molecule has 82 valence electrons. The van der Waals surface area contributed by atoms with Gasteiger partial charge in [-0.25, -0.2) is 14.8 Å². The molecular formula is C10H9N3O2S. The van der Waals surface area contributed by atoms with Crippen LogP contribution >= 0.6 is 11.3 Å². The average Bonchev–Trinajstić information content (AvgIpc) is 2.65. The van der Waals surface area contributed by atoms with Crippen LogP contribution in [0.3, 0.4) is 0 Å². The van der Waals surface area contributed by atoms with Gasteiger partial charge in [0.1, 0.15) is 5.82 Å². The number of carboxylic acids is 1. The van der Waals surface area contributed by atoms with Gasteiger partial charge in [-0.1, -0.05) is 0 Å². The molecule has 2 N–H and O–H groups in total. The molecule has 0 bridgehead atoms. The lowest BCUT2D eigenvalue weighted by Gasteiger charge is -2.01. The lowest BCUT2D eigenvalue weighted by molar-refractivity contribution is 0.0696. The number of carboxylic acid groups (broad SMARTS) is 1. The van der Waals surface area contributed by atoms with Crippen LogP contribution in [0.1, 0.15) is 16.1 Å². The number of hydrogen-bond donors (Lipinski definition) is 2. The third kappa shape index (κ3) is 2.34. The number of aryl methyl sites for hydroxylation is 1. The third-order valence-electron chi connectivity index (χ3n) is 1.86. The molecule has 0 saturated heterocycles. The topological polar surface area (TPSA) is 75.1 Å². The first kappa shape index (κ1) is 10.6. The van der Waals surface area contributed by atoms with E-state index in [0.717, 1.165) is 10.8 Å². The number of thiazole rings is 1. The smallest absolute Gasteiger partial charge is 0.337 e. The summed E-state index contributed by atoms with van der Waals surface area (Å²) in [4.78, 5) is 18.8. The van der Waals surface area contributed by atoms with Gasteiger partial charge in [-0.15, -0.1) is 11.3 Å². The lowest BCUT2D eigenvalue weighted by atomic mass is 10.3. The second-order valence-corrected chi connectivity index (χ2v) is 4.01. The first-order valence-corrected chi connectivity index (χ1v) is 5.41. The van der Waals surface area contributed by atoms with Crippen molar-refractivity contribution in [3.63, 3.8) is 0 Å². The van der Waals surface area contributed by atoms with Crippen molar-refractivity contribution >= 4 is 28.3 Å². The van der Waals surface area contributed by atoms with Crippen LogP contribution in [0.4, 0.5) is 10.9 Å². The highest BCUT2D eigenvalue weighted by atomic mass is 32.1. The van der Waals surface area contributed by atoms with E-state index in [0.29, 0.717) is 5.82 Å². The zero-order valence-electron chi connectivity index (χ0n) is 8.47. The van der Waals surface area contributed by atoms with Crippen LogP contribution in [0.2, 0.25) is 0 Å². The number of anilines is 2. The minimum Gasteiger partial charge on any atom is -0.478 e. The van der Waals surface area contributed by atoms with E-state index in [9.17, 15) is 4.79 Å². The van der Waals surface area contributed by atoms with Crippen LogP contribution in [0.15, 0.2) is 23.7 Å². The molecule has 2 heterocycles. The van der Waals surface area contributed by atoms with Crippen molar-refractivity contribution in [1.29, 1.82) is 0 Å². The molecule has 2 aromatic rings. The summed E-state index contributed by atoms with van der Waals surface area (Å²) >= 11 is 1.48. The van der Waals surface area contributed by atoms with Crippen molar-refractivity contribution in [3.8, 4) is 0 Å². The van der Waals surface area contributed by atoms with Crippen LogP contribution in [0.25, 0.3) is 0 Å². The summed E-state index contributed by atoms with van der Waals surface area (Å²) < 4.78 is 0. The molecule has 0 aliphatic carbocycles. The number of aromatic carboxylic acids is 1. The maximum Gasteiger partial charge on any atom is 0.337 e. The van der Waals surface area contributed by atoms with Crippen LogP contribution in [-0.4, -0.2) is 21.0 Å². The molecule has 2 aromatic heterocycles. The molecule has 0 atom stereocenters. The van der Waals surface area contributed by atoms with Crippen molar-refractivity contribution in [2.24, 2.45) is 0 Å². The number of nitrogens with zero attached hydrogens (tertiary/aromatic N) is 2. The Morgan fingerprint density at radius 1 is 1.50 bits per heavy atom. The Labute approximate surface area is 95.8 Å². The number of carbonyl (C=O) groups is 1. The van der Waals surface area contributed by atoms with Gasteiger partial charge in [0.15, 0.2) is 5.13 Å². The van der Waals surface area contributed by atoms with Crippen molar-refractivity contribution < 1.29 is 9.90 Å². The molecule has 0 aliphatic rings. The van der Waals surface area contributed by atoms with Crippen LogP contribution in [-0.2, 0) is 0 Å². The number of rotatable bonds is 3. The Bertz CT molecular complexity index is 507. The van der Waals surface area contributed by atoms with Gasteiger partial charge in [0.2, 0.25) is 0 Å². The summed E-state index contributed by atoms with van der Waals surface area (Å²) in [6.07, 6.45) is 1.31. The van der Waals surface area contributed by atoms with E-state index in [1.54, 1.807) is 6.07 Å². The van der Waals surface area contributed by atoms with Gasteiger partial charge in [0, 0.05) is 11.6 Å². The van der Waals surface area contributed by atoms with E-state index in [-0.39, 0.29) is 5.56 Å². The summed E-state index contributed by atoms with van der Waals surface area (Å²) in [7, 11) is 0. The first-order chi connectivity index (χ1) is 7.65. The van der Waals surface area contributed by atoms with Gasteiger partial charge in [0.25, 0.3) is 0 Å². The summed E-state index contributed by atoms with van der Waals surface area (Å²) in [6.45, 7) is 1.91. The van der Waals surface area contributed by atoms with Gasteiger partial charge < -0.3 is 10.4 Å². The molecule has 0 unspecified atom stereocenters. The molecular weight excluding hydrogens is 226 g/mol. The van der Waals surface area contributed by atoms with E-state index < -0.39 is 5.97 Å². The first-order valence-electron chi connectivity index (χ1n) is 4.53. The van der Waals surface area contributed by atoms with Crippen molar-refractivity contribution in [2.45, 2.75) is 6.92 Å². The molecule has 0 amide bonds. The number of pyridine rings is 1. The highest BCUT2D eigenvalue weighted by Gasteiger charge is 2.04. The molecule has 0 radical (unpaired) electrons. The zero-order valence-corrected chi connectivity index (χ0v) is 9.28. The SMILES string of the molecule is Cc1csc(Nc2ccc(C(=O)O)cn2)n1. The van der Waals surface area contributed by atoms with Crippen molar-refractivity contribution in [2.75, 3.05) is 5.32 Å². The Morgan fingerprint density at radius 2 is 2.31 bits per heavy atom. The highest BCUT2D eigenvalue weighted by Crippen LogP contribution is 2.18. The second-order valence-electron chi connectivity index (χ2n) is 3.16. The normalized spacial score (nSPS) is 10.1. The van der Waals surface area contributed by atoms with E-state index in [4.69, 9.17) is 5.11 Å². The summed E-state index contributed by atoms with van der Waals surface area (Å²) in [5, 5.41) is 14.4. The predicted molar refractivity (Wildman–Crippen MR) is 61.3 cm³/mol. The monoisotopic (exact) mass is 235 g/mol. The van der Waals surface area contributed by atoms with Crippen molar-refractivity contribution in [1.82, 2.24) is 9.97 Å². The van der Waals surface area contributed by atoms with Gasteiger partial charge >= 0.3 is 5.97 Å². The Morgan fingerprint density at radius 3 is 2.81 bits per heavy atom. The van der Waals surface area contributed by atoms with Gasteiger partial charge in [0.05, 0.1) is 11.3 Å². The molecule has 0 aliphatic heterocycles. The molecule has 5 nitrogen and oxygen atoms in total.